The van der Waals surface area contributed by atoms with Gasteiger partial charge in [0.1, 0.15) is 11.5 Å². The van der Waals surface area contributed by atoms with Crippen LogP contribution in [0.4, 0.5) is 17.1 Å². The van der Waals surface area contributed by atoms with Crippen LogP contribution in [0.2, 0.25) is 0 Å². The Morgan fingerprint density at radius 1 is 1.00 bits per heavy atom. The molecule has 184 valence electrons. The van der Waals surface area contributed by atoms with E-state index in [9.17, 15) is 24.8 Å². The zero-order valence-corrected chi connectivity index (χ0v) is 20.0. The molecule has 1 atom stereocenters. The summed E-state index contributed by atoms with van der Waals surface area (Å²) in [5.74, 6) is -1.42. The molecule has 1 fully saturated rings. The molecule has 4 rings (SSSR count). The summed E-state index contributed by atoms with van der Waals surface area (Å²) in [5, 5.41) is 22.2. The zero-order chi connectivity index (χ0) is 26.0. The topological polar surface area (TPSA) is 113 Å². The summed E-state index contributed by atoms with van der Waals surface area (Å²) in [6.07, 6.45) is 0. The van der Waals surface area contributed by atoms with Gasteiger partial charge in [-0.2, -0.15) is 0 Å². The Balaban J connectivity index is 1.87. The third-order valence-corrected chi connectivity index (χ3v) is 5.95. The molecule has 9 nitrogen and oxygen atoms in total. The van der Waals surface area contributed by atoms with Crippen molar-refractivity contribution >= 4 is 34.5 Å². The molecule has 0 aliphatic carbocycles. The van der Waals surface area contributed by atoms with Crippen LogP contribution >= 0.6 is 0 Å². The smallest absolute Gasteiger partial charge is 0.300 e. The number of anilines is 2. The Hall–Kier alpha value is -4.66. The number of amides is 1. The standard InChI is InChI=1S/C27H25N3O6/c1-4-36-22-15-13-20(14-16-22)29-24(17-5-9-19(10-6-17)28(2)3)23(26(32)27(29)33)25(31)18-7-11-21(12-8-18)30(34)35/h5-16,24,31H,4H2,1-3H3/b25-23-. The van der Waals surface area contributed by atoms with Crippen LogP contribution in [-0.4, -0.2) is 42.4 Å². The van der Waals surface area contributed by atoms with Gasteiger partial charge in [0.15, 0.2) is 0 Å². The third kappa shape index (κ3) is 4.50. The highest BCUT2D eigenvalue weighted by Gasteiger charge is 2.47. The molecule has 9 heteroatoms. The third-order valence-electron chi connectivity index (χ3n) is 5.95. The number of aliphatic hydroxyl groups excluding tert-OH is 1. The summed E-state index contributed by atoms with van der Waals surface area (Å²) < 4.78 is 5.49. The van der Waals surface area contributed by atoms with Gasteiger partial charge < -0.3 is 14.7 Å². The van der Waals surface area contributed by atoms with E-state index in [1.807, 2.05) is 38.1 Å². The highest BCUT2D eigenvalue weighted by molar-refractivity contribution is 6.51. The normalized spacial score (nSPS) is 16.8. The number of nitro groups is 1. The van der Waals surface area contributed by atoms with Gasteiger partial charge in [-0.25, -0.2) is 0 Å². The number of non-ortho nitro benzene ring substituents is 1. The number of carbonyl (C=O) groups excluding carboxylic acids is 2. The number of nitro benzene ring substituents is 1. The molecule has 1 amide bonds. The van der Waals surface area contributed by atoms with Crippen LogP contribution in [0.3, 0.4) is 0 Å². The van der Waals surface area contributed by atoms with Crippen molar-refractivity contribution in [1.29, 1.82) is 0 Å². The van der Waals surface area contributed by atoms with Gasteiger partial charge >= 0.3 is 0 Å². The molecule has 1 heterocycles. The Labute approximate surface area is 208 Å². The van der Waals surface area contributed by atoms with Gasteiger partial charge in [-0.05, 0) is 61.0 Å². The lowest BCUT2D eigenvalue weighted by Crippen LogP contribution is -2.29. The van der Waals surface area contributed by atoms with Gasteiger partial charge in [-0.3, -0.25) is 24.6 Å². The maximum Gasteiger partial charge on any atom is 0.300 e. The zero-order valence-electron chi connectivity index (χ0n) is 20.0. The van der Waals surface area contributed by atoms with Crippen molar-refractivity contribution in [2.45, 2.75) is 13.0 Å². The summed E-state index contributed by atoms with van der Waals surface area (Å²) in [5.41, 5.74) is 1.95. The average molecular weight is 488 g/mol. The van der Waals surface area contributed by atoms with Gasteiger partial charge in [0.2, 0.25) is 0 Å². The second-order valence-corrected chi connectivity index (χ2v) is 8.39. The van der Waals surface area contributed by atoms with Crippen LogP contribution < -0.4 is 14.5 Å². The fourth-order valence-corrected chi connectivity index (χ4v) is 4.14. The van der Waals surface area contributed by atoms with Crippen molar-refractivity contribution in [1.82, 2.24) is 0 Å². The number of hydrogen-bond donors (Lipinski definition) is 1. The molecule has 1 aliphatic rings. The van der Waals surface area contributed by atoms with Crippen molar-refractivity contribution < 1.29 is 24.4 Å². The van der Waals surface area contributed by atoms with E-state index < -0.39 is 28.4 Å². The van der Waals surface area contributed by atoms with Crippen molar-refractivity contribution in [2.75, 3.05) is 30.5 Å². The fourth-order valence-electron chi connectivity index (χ4n) is 4.14. The first-order valence-electron chi connectivity index (χ1n) is 11.3. The number of ether oxygens (including phenoxy) is 1. The second kappa shape index (κ2) is 9.91. The SMILES string of the molecule is CCOc1ccc(N2C(=O)C(=O)/C(=C(\O)c3ccc([N+](=O)[O-])cc3)C2c2ccc(N(C)C)cc2)cc1. The van der Waals surface area contributed by atoms with E-state index in [1.165, 1.54) is 29.2 Å². The van der Waals surface area contributed by atoms with E-state index in [2.05, 4.69) is 0 Å². The van der Waals surface area contributed by atoms with E-state index in [0.717, 1.165) is 5.69 Å². The lowest BCUT2D eigenvalue weighted by molar-refractivity contribution is -0.384. The van der Waals surface area contributed by atoms with Crippen LogP contribution in [0.15, 0.2) is 78.4 Å². The fraction of sp³-hybridized carbons (Fsp3) is 0.185. The number of benzene rings is 3. The van der Waals surface area contributed by atoms with Crippen molar-refractivity contribution in [3.63, 3.8) is 0 Å². The second-order valence-electron chi connectivity index (χ2n) is 8.39. The number of rotatable bonds is 7. The number of carbonyl (C=O) groups is 2. The maximum absolute atomic E-state index is 13.3. The monoisotopic (exact) mass is 487 g/mol. The predicted molar refractivity (Wildman–Crippen MR) is 136 cm³/mol. The Bertz CT molecular complexity index is 1330. The van der Waals surface area contributed by atoms with Crippen molar-refractivity contribution in [2.24, 2.45) is 0 Å². The van der Waals surface area contributed by atoms with Crippen LogP contribution in [0.1, 0.15) is 24.1 Å². The highest BCUT2D eigenvalue weighted by Crippen LogP contribution is 2.42. The molecule has 0 bridgehead atoms. The van der Waals surface area contributed by atoms with E-state index >= 15 is 0 Å². The van der Waals surface area contributed by atoms with E-state index in [4.69, 9.17) is 4.74 Å². The van der Waals surface area contributed by atoms with Crippen molar-refractivity contribution in [3.05, 3.63) is 99.6 Å². The Morgan fingerprint density at radius 2 is 1.61 bits per heavy atom. The van der Waals surface area contributed by atoms with Crippen LogP contribution in [0, 0.1) is 10.1 Å². The Morgan fingerprint density at radius 3 is 2.14 bits per heavy atom. The lowest BCUT2D eigenvalue weighted by atomic mass is 9.95. The Kier molecular flexibility index (Phi) is 6.73. The van der Waals surface area contributed by atoms with Crippen LogP contribution in [0.5, 0.6) is 5.75 Å². The van der Waals surface area contributed by atoms with Gasteiger partial charge in [-0.1, -0.05) is 12.1 Å². The van der Waals surface area contributed by atoms with Gasteiger partial charge in [0, 0.05) is 43.2 Å². The molecule has 3 aromatic rings. The molecule has 36 heavy (non-hydrogen) atoms. The summed E-state index contributed by atoms with van der Waals surface area (Å²) in [7, 11) is 3.80. The summed E-state index contributed by atoms with van der Waals surface area (Å²) >= 11 is 0. The van der Waals surface area contributed by atoms with E-state index in [-0.39, 0.29) is 16.8 Å². The number of hydrogen-bond acceptors (Lipinski definition) is 7. The molecule has 0 spiro atoms. The summed E-state index contributed by atoms with van der Waals surface area (Å²) in [6, 6.07) is 18.4. The minimum absolute atomic E-state index is 0.0969. The van der Waals surface area contributed by atoms with Gasteiger partial charge in [-0.15, -0.1) is 0 Å². The molecular formula is C27H25N3O6. The molecular weight excluding hydrogens is 462 g/mol. The summed E-state index contributed by atoms with van der Waals surface area (Å²) in [6.45, 7) is 2.35. The molecule has 0 aromatic heterocycles. The number of aliphatic hydroxyl groups is 1. The molecule has 1 saturated heterocycles. The first-order chi connectivity index (χ1) is 17.2. The first kappa shape index (κ1) is 24.5. The first-order valence-corrected chi connectivity index (χ1v) is 11.3. The molecule has 1 N–H and O–H groups in total. The molecule has 1 unspecified atom stereocenters. The van der Waals surface area contributed by atoms with Gasteiger partial charge in [0.05, 0.1) is 23.1 Å². The minimum Gasteiger partial charge on any atom is -0.507 e. The number of Topliss-reactive ketones (excluding diaryl/α,β-unsaturated/α-hetero) is 1. The maximum atomic E-state index is 13.3. The number of nitrogens with zero attached hydrogens (tertiary/aromatic N) is 3. The van der Waals surface area contributed by atoms with Crippen molar-refractivity contribution in [3.8, 4) is 5.75 Å². The van der Waals surface area contributed by atoms with E-state index in [0.29, 0.717) is 23.6 Å². The summed E-state index contributed by atoms with van der Waals surface area (Å²) in [4.78, 5) is 40.3. The van der Waals surface area contributed by atoms with Crippen LogP contribution in [0.25, 0.3) is 5.76 Å². The van der Waals surface area contributed by atoms with Gasteiger partial charge in [0.25, 0.3) is 17.4 Å². The predicted octanol–water partition coefficient (Wildman–Crippen LogP) is 4.69. The number of ketones is 1. The highest BCUT2D eigenvalue weighted by atomic mass is 16.6. The van der Waals surface area contributed by atoms with Crippen LogP contribution in [-0.2, 0) is 9.59 Å². The lowest BCUT2D eigenvalue weighted by Gasteiger charge is -2.26. The van der Waals surface area contributed by atoms with E-state index in [1.54, 1.807) is 36.4 Å². The molecule has 3 aromatic carbocycles. The minimum atomic E-state index is -0.908. The molecule has 0 saturated carbocycles. The average Bonchev–Trinajstić information content (AvgIpc) is 3.14. The quantitative estimate of drug-likeness (QED) is 0.169. The molecule has 0 radical (unpaired) electrons. The molecule has 1 aliphatic heterocycles. The largest absolute Gasteiger partial charge is 0.507 e.